The number of aliphatic hydroxyl groups excluding tert-OH is 1. The van der Waals surface area contributed by atoms with Gasteiger partial charge in [0.2, 0.25) is 0 Å². The van der Waals surface area contributed by atoms with Gasteiger partial charge >= 0.3 is 6.18 Å². The maximum absolute atomic E-state index is 13.6. The van der Waals surface area contributed by atoms with Crippen LogP contribution in [0.4, 0.5) is 19.0 Å². The normalized spacial score (nSPS) is 12.4. The summed E-state index contributed by atoms with van der Waals surface area (Å²) in [5, 5.41) is 16.9. The van der Waals surface area contributed by atoms with Gasteiger partial charge in [-0.25, -0.2) is 14.6 Å². The Morgan fingerprint density at radius 2 is 1.83 bits per heavy atom. The van der Waals surface area contributed by atoms with Crippen LogP contribution in [0.25, 0.3) is 5.82 Å². The average Bonchev–Trinajstić information content (AvgIpc) is 3.32. The number of nitrogens with zero attached hydrogens (tertiary/aromatic N) is 4. The summed E-state index contributed by atoms with van der Waals surface area (Å²) < 4.78 is 42.7. The molecule has 2 N–H and O–H groups in total. The molecular formula is C31H34F3N5O2. The maximum atomic E-state index is 13.6. The zero-order chi connectivity index (χ0) is 29.7. The first kappa shape index (κ1) is 29.9. The van der Waals surface area contributed by atoms with Crippen LogP contribution in [0.1, 0.15) is 62.9 Å². The Balaban J connectivity index is 1.59. The van der Waals surface area contributed by atoms with Gasteiger partial charge in [0, 0.05) is 38.1 Å². The number of benzene rings is 2. The molecule has 0 amide bonds. The van der Waals surface area contributed by atoms with Crippen molar-refractivity contribution in [2.75, 3.05) is 19.0 Å². The molecule has 0 saturated heterocycles. The van der Waals surface area contributed by atoms with Crippen molar-refractivity contribution in [1.82, 2.24) is 19.7 Å². The molecule has 0 radical (unpaired) electrons. The van der Waals surface area contributed by atoms with Crippen LogP contribution in [-0.4, -0.2) is 44.3 Å². The first-order chi connectivity index (χ1) is 19.5. The molecule has 10 heteroatoms. The summed E-state index contributed by atoms with van der Waals surface area (Å²) >= 11 is 0. The van der Waals surface area contributed by atoms with E-state index in [-0.39, 0.29) is 30.3 Å². The van der Waals surface area contributed by atoms with Crippen LogP contribution in [0.15, 0.2) is 54.9 Å². The minimum atomic E-state index is -4.57. The van der Waals surface area contributed by atoms with Crippen molar-refractivity contribution in [2.45, 2.75) is 52.6 Å². The molecule has 0 aliphatic heterocycles. The molecular weight excluding hydrogens is 531 g/mol. The fourth-order valence-electron chi connectivity index (χ4n) is 4.65. The number of nitrogens with one attached hydrogen (secondary N) is 1. The molecule has 0 aliphatic carbocycles. The van der Waals surface area contributed by atoms with E-state index in [1.807, 2.05) is 45.0 Å². The summed E-state index contributed by atoms with van der Waals surface area (Å²) in [6, 6.07) is 13.0. The summed E-state index contributed by atoms with van der Waals surface area (Å²) in [4.78, 5) is 21.8. The molecule has 4 aromatic rings. The fraction of sp³-hybridized carbons (Fsp3) is 0.355. The molecule has 1 atom stereocenters. The van der Waals surface area contributed by atoms with Crippen LogP contribution in [0.5, 0.6) is 0 Å². The molecule has 2 aromatic heterocycles. The highest BCUT2D eigenvalue weighted by Gasteiger charge is 2.31. The lowest BCUT2D eigenvalue weighted by Gasteiger charge is -2.14. The predicted molar refractivity (Wildman–Crippen MR) is 151 cm³/mol. The number of rotatable bonds is 11. The van der Waals surface area contributed by atoms with E-state index in [0.29, 0.717) is 42.0 Å². The third-order valence-corrected chi connectivity index (χ3v) is 7.06. The van der Waals surface area contributed by atoms with Crippen molar-refractivity contribution >= 4 is 11.6 Å². The highest BCUT2D eigenvalue weighted by molar-refractivity contribution is 5.98. The van der Waals surface area contributed by atoms with E-state index in [9.17, 15) is 23.1 Å². The third-order valence-electron chi connectivity index (χ3n) is 7.06. The number of aryl methyl sites for hydroxylation is 3. The number of aromatic nitrogens is 4. The van der Waals surface area contributed by atoms with E-state index < -0.39 is 11.7 Å². The Labute approximate surface area is 237 Å². The number of hydrogen-bond acceptors (Lipinski definition) is 6. The van der Waals surface area contributed by atoms with Crippen LogP contribution in [0, 0.1) is 19.8 Å². The minimum Gasteiger partial charge on any atom is -0.396 e. The SMILES string of the molecule is CNc1cc(-n2nc(C)cc2Cc2cc(CC(=O)c3cc(CC[C@@H](C)CO)cc(C(F)(F)F)c3)ccc2C)ncn1. The molecule has 2 aromatic carbocycles. The number of Topliss-reactive ketones (excluding diaryl/α,β-unsaturated/α-hetero) is 1. The van der Waals surface area contributed by atoms with Gasteiger partial charge in [-0.1, -0.05) is 25.1 Å². The van der Waals surface area contributed by atoms with Gasteiger partial charge in [0.05, 0.1) is 17.0 Å². The fourth-order valence-corrected chi connectivity index (χ4v) is 4.65. The van der Waals surface area contributed by atoms with Crippen LogP contribution in [0.2, 0.25) is 0 Å². The molecule has 216 valence electrons. The number of alkyl halides is 3. The Kier molecular flexibility index (Phi) is 9.22. The van der Waals surface area contributed by atoms with Crippen LogP contribution < -0.4 is 5.32 Å². The van der Waals surface area contributed by atoms with Gasteiger partial charge in [-0.3, -0.25) is 4.79 Å². The molecule has 0 aliphatic rings. The summed E-state index contributed by atoms with van der Waals surface area (Å²) in [5.41, 5.74) is 4.05. The van der Waals surface area contributed by atoms with Gasteiger partial charge in [0.25, 0.3) is 0 Å². The Morgan fingerprint density at radius 1 is 1.05 bits per heavy atom. The standard InChI is InChI=1S/C31H34F3N5O2/c1-19(17-40)5-7-22-11-25(14-26(12-22)31(32,33)34)28(41)13-23-8-6-20(2)24(10-23)15-27-9-21(3)38-39(27)30-16-29(35-4)36-18-37-30/h6,8-12,14,16,18-19,40H,5,7,13,15,17H2,1-4H3,(H,35,36,37)/t19-/m1/s1. The van der Waals surface area contributed by atoms with Gasteiger partial charge in [-0.2, -0.15) is 18.3 Å². The minimum absolute atomic E-state index is 0.0309. The number of carbonyl (C=O) groups excluding carboxylic acids is 1. The number of hydrogen-bond donors (Lipinski definition) is 2. The quantitative estimate of drug-likeness (QED) is 0.220. The summed E-state index contributed by atoms with van der Waals surface area (Å²) in [6.45, 7) is 5.66. The molecule has 41 heavy (non-hydrogen) atoms. The molecule has 0 spiro atoms. The maximum Gasteiger partial charge on any atom is 0.416 e. The molecule has 4 rings (SSSR count). The van der Waals surface area contributed by atoms with E-state index in [1.165, 1.54) is 6.33 Å². The van der Waals surface area contributed by atoms with Crippen molar-refractivity contribution in [2.24, 2.45) is 5.92 Å². The van der Waals surface area contributed by atoms with E-state index in [2.05, 4.69) is 20.4 Å². The van der Waals surface area contributed by atoms with Crippen molar-refractivity contribution in [3.8, 4) is 5.82 Å². The summed E-state index contributed by atoms with van der Waals surface area (Å²) in [6.07, 6.45) is -1.75. The van der Waals surface area contributed by atoms with Crippen LogP contribution in [0.3, 0.4) is 0 Å². The van der Waals surface area contributed by atoms with Gasteiger partial charge < -0.3 is 10.4 Å². The second-order valence-electron chi connectivity index (χ2n) is 10.5. The van der Waals surface area contributed by atoms with Gasteiger partial charge in [-0.05, 0) is 79.1 Å². The largest absolute Gasteiger partial charge is 0.416 e. The van der Waals surface area contributed by atoms with Crippen molar-refractivity contribution in [3.63, 3.8) is 0 Å². The van der Waals surface area contributed by atoms with E-state index in [0.717, 1.165) is 34.6 Å². The Morgan fingerprint density at radius 3 is 2.54 bits per heavy atom. The monoisotopic (exact) mass is 565 g/mol. The van der Waals surface area contributed by atoms with Crippen LogP contribution in [-0.2, 0) is 25.4 Å². The van der Waals surface area contributed by atoms with Crippen molar-refractivity contribution in [1.29, 1.82) is 0 Å². The number of anilines is 1. The molecule has 0 bridgehead atoms. The van der Waals surface area contributed by atoms with E-state index >= 15 is 0 Å². The number of aliphatic hydroxyl groups is 1. The third kappa shape index (κ3) is 7.58. The van der Waals surface area contributed by atoms with Gasteiger partial charge in [0.1, 0.15) is 12.1 Å². The molecule has 0 unspecified atom stereocenters. The Bertz CT molecular complexity index is 1530. The summed E-state index contributed by atoms with van der Waals surface area (Å²) in [7, 11) is 1.77. The molecule has 0 saturated carbocycles. The molecule has 0 fully saturated rings. The lowest BCUT2D eigenvalue weighted by atomic mass is 9.93. The van der Waals surface area contributed by atoms with Crippen molar-refractivity contribution < 1.29 is 23.1 Å². The molecule has 2 heterocycles. The Hall–Kier alpha value is -4.05. The van der Waals surface area contributed by atoms with Gasteiger partial charge in [-0.15, -0.1) is 0 Å². The topological polar surface area (TPSA) is 92.9 Å². The average molecular weight is 566 g/mol. The highest BCUT2D eigenvalue weighted by atomic mass is 19.4. The second-order valence-corrected chi connectivity index (χ2v) is 10.5. The van der Waals surface area contributed by atoms with E-state index in [4.69, 9.17) is 0 Å². The molecule has 7 nitrogen and oxygen atoms in total. The zero-order valence-electron chi connectivity index (χ0n) is 23.6. The smallest absolute Gasteiger partial charge is 0.396 e. The summed E-state index contributed by atoms with van der Waals surface area (Å²) in [5.74, 6) is 0.843. The first-order valence-electron chi connectivity index (χ1n) is 13.5. The predicted octanol–water partition coefficient (Wildman–Crippen LogP) is 5.92. The number of carbonyl (C=O) groups is 1. The number of ketones is 1. The second kappa shape index (κ2) is 12.6. The van der Waals surface area contributed by atoms with E-state index in [1.54, 1.807) is 23.9 Å². The van der Waals surface area contributed by atoms with Crippen LogP contribution >= 0.6 is 0 Å². The number of halogens is 3. The first-order valence-corrected chi connectivity index (χ1v) is 13.5. The van der Waals surface area contributed by atoms with Gasteiger partial charge in [0.15, 0.2) is 11.6 Å². The lowest BCUT2D eigenvalue weighted by Crippen LogP contribution is -2.11. The lowest BCUT2D eigenvalue weighted by molar-refractivity contribution is -0.137. The van der Waals surface area contributed by atoms with Crippen molar-refractivity contribution in [3.05, 3.63) is 99.6 Å². The zero-order valence-corrected chi connectivity index (χ0v) is 23.6. The highest BCUT2D eigenvalue weighted by Crippen LogP contribution is 2.32.